The van der Waals surface area contributed by atoms with Crippen molar-refractivity contribution in [2.45, 2.75) is 6.54 Å². The number of hydrogen-bond acceptors (Lipinski definition) is 5. The Morgan fingerprint density at radius 2 is 2.10 bits per heavy atom. The summed E-state index contributed by atoms with van der Waals surface area (Å²) in [5.41, 5.74) is 0.849. The van der Waals surface area contributed by atoms with Crippen LogP contribution in [0.3, 0.4) is 0 Å². The standard InChI is InChI=1S/C13H13BrClN3O2/c1-19-11-5-3-4-10(15)8(11)6-16-13-17-7-9(14)12(18-13)20-2/h3-5,7H,6H2,1-2H3,(H,16,17,18). The van der Waals surface area contributed by atoms with E-state index in [1.54, 1.807) is 20.4 Å². The zero-order valence-electron chi connectivity index (χ0n) is 11.0. The van der Waals surface area contributed by atoms with Crippen LogP contribution in [-0.2, 0) is 6.54 Å². The molecule has 0 aliphatic carbocycles. The third-order valence-electron chi connectivity index (χ3n) is 2.62. The van der Waals surface area contributed by atoms with E-state index < -0.39 is 0 Å². The van der Waals surface area contributed by atoms with Gasteiger partial charge in [-0.3, -0.25) is 0 Å². The lowest BCUT2D eigenvalue weighted by atomic mass is 10.2. The SMILES string of the molecule is COc1cccc(Cl)c1CNc1ncc(Br)c(OC)n1. The molecule has 1 aromatic heterocycles. The Labute approximate surface area is 130 Å². The number of methoxy groups -OCH3 is 2. The molecule has 0 unspecified atom stereocenters. The minimum atomic E-state index is 0.451. The van der Waals surface area contributed by atoms with E-state index in [0.717, 1.165) is 5.56 Å². The summed E-state index contributed by atoms with van der Waals surface area (Å²) in [6.07, 6.45) is 1.62. The largest absolute Gasteiger partial charge is 0.496 e. The second-order valence-electron chi connectivity index (χ2n) is 3.83. The topological polar surface area (TPSA) is 56.3 Å². The fraction of sp³-hybridized carbons (Fsp3) is 0.231. The molecule has 1 aromatic carbocycles. The summed E-state index contributed by atoms with van der Waals surface area (Å²) in [4.78, 5) is 8.37. The van der Waals surface area contributed by atoms with Gasteiger partial charge >= 0.3 is 0 Å². The molecule has 0 amide bonds. The van der Waals surface area contributed by atoms with E-state index in [2.05, 4.69) is 31.2 Å². The van der Waals surface area contributed by atoms with Gasteiger partial charge in [-0.2, -0.15) is 4.98 Å². The predicted octanol–water partition coefficient (Wildman–Crippen LogP) is 3.52. The summed E-state index contributed by atoms with van der Waals surface area (Å²) < 4.78 is 11.1. The Balaban J connectivity index is 2.17. The smallest absolute Gasteiger partial charge is 0.232 e. The van der Waals surface area contributed by atoms with Crippen LogP contribution in [0.25, 0.3) is 0 Å². The first kappa shape index (κ1) is 14.9. The lowest BCUT2D eigenvalue weighted by Crippen LogP contribution is -2.06. The van der Waals surface area contributed by atoms with Crippen molar-refractivity contribution < 1.29 is 9.47 Å². The van der Waals surface area contributed by atoms with Gasteiger partial charge in [0.1, 0.15) is 5.75 Å². The van der Waals surface area contributed by atoms with Crippen LogP contribution in [0.2, 0.25) is 5.02 Å². The molecule has 2 rings (SSSR count). The number of rotatable bonds is 5. The van der Waals surface area contributed by atoms with E-state index in [4.69, 9.17) is 21.1 Å². The van der Waals surface area contributed by atoms with E-state index in [1.165, 1.54) is 0 Å². The van der Waals surface area contributed by atoms with Crippen LogP contribution in [-0.4, -0.2) is 24.2 Å². The zero-order valence-corrected chi connectivity index (χ0v) is 13.3. The van der Waals surface area contributed by atoms with Gasteiger partial charge in [-0.15, -0.1) is 0 Å². The number of anilines is 1. The normalized spacial score (nSPS) is 10.2. The average Bonchev–Trinajstić information content (AvgIpc) is 2.47. The van der Waals surface area contributed by atoms with Crippen molar-refractivity contribution in [2.24, 2.45) is 0 Å². The van der Waals surface area contributed by atoms with E-state index >= 15 is 0 Å². The van der Waals surface area contributed by atoms with Crippen molar-refractivity contribution in [1.82, 2.24) is 9.97 Å². The minimum absolute atomic E-state index is 0.451. The van der Waals surface area contributed by atoms with Gasteiger partial charge in [0.2, 0.25) is 11.8 Å². The summed E-state index contributed by atoms with van der Waals surface area (Å²) in [5, 5.41) is 3.72. The van der Waals surface area contributed by atoms with Crippen LogP contribution in [0.5, 0.6) is 11.6 Å². The molecule has 106 valence electrons. The molecule has 0 atom stereocenters. The summed E-state index contributed by atoms with van der Waals surface area (Å²) in [5.74, 6) is 1.63. The molecule has 0 radical (unpaired) electrons. The first-order chi connectivity index (χ1) is 9.65. The van der Waals surface area contributed by atoms with Gasteiger partial charge in [-0.05, 0) is 28.1 Å². The van der Waals surface area contributed by atoms with Crippen molar-refractivity contribution in [2.75, 3.05) is 19.5 Å². The third kappa shape index (κ3) is 3.32. The summed E-state index contributed by atoms with van der Waals surface area (Å²) >= 11 is 9.47. The molecule has 0 aliphatic heterocycles. The first-order valence-electron chi connectivity index (χ1n) is 5.77. The monoisotopic (exact) mass is 357 g/mol. The maximum absolute atomic E-state index is 6.17. The zero-order chi connectivity index (χ0) is 14.5. The molecule has 0 aliphatic rings. The fourth-order valence-electron chi connectivity index (χ4n) is 1.65. The van der Waals surface area contributed by atoms with Gasteiger partial charge < -0.3 is 14.8 Å². The Bertz CT molecular complexity index is 610. The lowest BCUT2D eigenvalue weighted by molar-refractivity contribution is 0.394. The van der Waals surface area contributed by atoms with Crippen molar-refractivity contribution in [3.05, 3.63) is 39.5 Å². The van der Waals surface area contributed by atoms with Crippen LogP contribution in [0.15, 0.2) is 28.9 Å². The molecule has 5 nitrogen and oxygen atoms in total. The van der Waals surface area contributed by atoms with E-state index in [1.807, 2.05) is 18.2 Å². The van der Waals surface area contributed by atoms with Crippen LogP contribution in [0.4, 0.5) is 5.95 Å². The molecular weight excluding hydrogens is 346 g/mol. The summed E-state index contributed by atoms with van der Waals surface area (Å²) in [7, 11) is 3.16. The predicted molar refractivity (Wildman–Crippen MR) is 81.6 cm³/mol. The highest BCUT2D eigenvalue weighted by molar-refractivity contribution is 9.10. The molecule has 1 heterocycles. The Morgan fingerprint density at radius 3 is 2.80 bits per heavy atom. The molecule has 0 spiro atoms. The second kappa shape index (κ2) is 6.76. The number of nitrogens with one attached hydrogen (secondary N) is 1. The Morgan fingerprint density at radius 1 is 1.30 bits per heavy atom. The van der Waals surface area contributed by atoms with Gasteiger partial charge in [0.05, 0.1) is 24.9 Å². The molecule has 0 fully saturated rings. The molecule has 1 N–H and O–H groups in total. The molecule has 0 bridgehead atoms. The number of benzene rings is 1. The Hall–Kier alpha value is -1.53. The third-order valence-corrected chi connectivity index (χ3v) is 3.52. The van der Waals surface area contributed by atoms with Gasteiger partial charge in [0.25, 0.3) is 0 Å². The molecule has 20 heavy (non-hydrogen) atoms. The highest BCUT2D eigenvalue weighted by atomic mass is 79.9. The van der Waals surface area contributed by atoms with Gasteiger partial charge in [-0.1, -0.05) is 17.7 Å². The Kier molecular flexibility index (Phi) is 5.03. The molecule has 7 heteroatoms. The second-order valence-corrected chi connectivity index (χ2v) is 5.09. The van der Waals surface area contributed by atoms with E-state index in [0.29, 0.717) is 33.6 Å². The van der Waals surface area contributed by atoms with Crippen LogP contribution in [0, 0.1) is 0 Å². The van der Waals surface area contributed by atoms with Crippen molar-refractivity contribution in [1.29, 1.82) is 0 Å². The van der Waals surface area contributed by atoms with Gasteiger partial charge in [-0.25, -0.2) is 4.98 Å². The minimum Gasteiger partial charge on any atom is -0.496 e. The van der Waals surface area contributed by atoms with Crippen molar-refractivity contribution in [3.63, 3.8) is 0 Å². The van der Waals surface area contributed by atoms with Crippen LogP contribution >= 0.6 is 27.5 Å². The maximum Gasteiger partial charge on any atom is 0.232 e. The number of ether oxygens (including phenoxy) is 2. The molecule has 0 saturated heterocycles. The number of nitrogens with zero attached hydrogens (tertiary/aromatic N) is 2. The van der Waals surface area contributed by atoms with Crippen molar-refractivity contribution >= 4 is 33.5 Å². The van der Waals surface area contributed by atoms with Crippen LogP contribution in [0.1, 0.15) is 5.56 Å². The van der Waals surface area contributed by atoms with Gasteiger partial charge in [0.15, 0.2) is 0 Å². The number of hydrogen-bond donors (Lipinski definition) is 1. The molecule has 0 saturated carbocycles. The lowest BCUT2D eigenvalue weighted by Gasteiger charge is -2.11. The average molecular weight is 359 g/mol. The van der Waals surface area contributed by atoms with Crippen molar-refractivity contribution in [3.8, 4) is 11.6 Å². The highest BCUT2D eigenvalue weighted by Gasteiger charge is 2.09. The van der Waals surface area contributed by atoms with Crippen LogP contribution < -0.4 is 14.8 Å². The molecule has 2 aromatic rings. The quantitative estimate of drug-likeness (QED) is 0.886. The van der Waals surface area contributed by atoms with Gasteiger partial charge in [0, 0.05) is 17.1 Å². The summed E-state index contributed by atoms with van der Waals surface area (Å²) in [6, 6.07) is 5.50. The first-order valence-corrected chi connectivity index (χ1v) is 6.94. The maximum atomic E-state index is 6.17. The fourth-order valence-corrected chi connectivity index (χ4v) is 2.23. The van der Waals surface area contributed by atoms with E-state index in [-0.39, 0.29) is 0 Å². The number of halogens is 2. The number of aromatic nitrogens is 2. The highest BCUT2D eigenvalue weighted by Crippen LogP contribution is 2.27. The summed E-state index contributed by atoms with van der Waals surface area (Å²) in [6.45, 7) is 0.452. The molecular formula is C13H13BrClN3O2. The van der Waals surface area contributed by atoms with E-state index in [9.17, 15) is 0 Å².